The summed E-state index contributed by atoms with van der Waals surface area (Å²) in [5.74, 6) is -0.261. The third-order valence-corrected chi connectivity index (χ3v) is 3.08. The predicted octanol–water partition coefficient (Wildman–Crippen LogP) is 1.39. The molecule has 5 nitrogen and oxygen atoms in total. The van der Waals surface area contributed by atoms with Gasteiger partial charge in [0, 0.05) is 11.5 Å². The number of nitrogens with one attached hydrogen (secondary N) is 2. The highest BCUT2D eigenvalue weighted by atomic mass is 16.5. The van der Waals surface area contributed by atoms with Crippen molar-refractivity contribution in [1.29, 1.82) is 0 Å². The molecule has 1 aromatic rings. The number of hydrogen-bond acceptors (Lipinski definition) is 3. The fraction of sp³-hybridized carbons (Fsp3) is 0.385. The van der Waals surface area contributed by atoms with Crippen molar-refractivity contribution in [3.63, 3.8) is 0 Å². The van der Waals surface area contributed by atoms with Crippen LogP contribution in [0, 0.1) is 5.92 Å². The number of amides is 2. The Morgan fingerprint density at radius 3 is 2.39 bits per heavy atom. The first-order valence-electron chi connectivity index (χ1n) is 5.96. The van der Waals surface area contributed by atoms with Crippen LogP contribution in [-0.4, -0.2) is 17.0 Å². The average Bonchev–Trinajstić information content (AvgIpc) is 3.22. The van der Waals surface area contributed by atoms with Crippen LogP contribution in [0.3, 0.4) is 0 Å². The van der Waals surface area contributed by atoms with Crippen LogP contribution >= 0.6 is 0 Å². The highest BCUT2D eigenvalue weighted by Crippen LogP contribution is 2.29. The number of hydrogen-bond donors (Lipinski definition) is 3. The van der Waals surface area contributed by atoms with E-state index in [-0.39, 0.29) is 17.9 Å². The third kappa shape index (κ3) is 2.87. The van der Waals surface area contributed by atoms with E-state index in [1.54, 1.807) is 29.7 Å². The van der Waals surface area contributed by atoms with Gasteiger partial charge >= 0.3 is 0 Å². The second kappa shape index (κ2) is 5.18. The lowest BCUT2D eigenvalue weighted by Gasteiger charge is -2.14. The highest BCUT2D eigenvalue weighted by molar-refractivity contribution is 5.93. The van der Waals surface area contributed by atoms with Crippen molar-refractivity contribution in [2.45, 2.75) is 25.8 Å². The van der Waals surface area contributed by atoms with Crippen LogP contribution in [0.25, 0.3) is 0 Å². The van der Waals surface area contributed by atoms with E-state index < -0.39 is 5.91 Å². The first-order chi connectivity index (χ1) is 8.61. The Kier molecular flexibility index (Phi) is 3.62. The summed E-state index contributed by atoms with van der Waals surface area (Å²) >= 11 is 0. The van der Waals surface area contributed by atoms with E-state index in [0.29, 0.717) is 5.56 Å². The summed E-state index contributed by atoms with van der Waals surface area (Å²) < 4.78 is 0. The van der Waals surface area contributed by atoms with Crippen molar-refractivity contribution in [2.75, 3.05) is 0 Å². The Hall–Kier alpha value is -1.88. The molecule has 1 saturated carbocycles. The molecule has 96 valence electrons. The summed E-state index contributed by atoms with van der Waals surface area (Å²) in [6.07, 6.45) is 1.96. The summed E-state index contributed by atoms with van der Waals surface area (Å²) in [4.78, 5) is 22.7. The first kappa shape index (κ1) is 12.6. The minimum absolute atomic E-state index is 0.0793. The molecule has 2 rings (SSSR count). The van der Waals surface area contributed by atoms with Crippen LogP contribution in [0.5, 0.6) is 0 Å². The Morgan fingerprint density at radius 2 is 1.89 bits per heavy atom. The summed E-state index contributed by atoms with van der Waals surface area (Å²) in [6, 6.07) is 6.68. The fourth-order valence-electron chi connectivity index (χ4n) is 1.75. The van der Waals surface area contributed by atoms with Gasteiger partial charge in [-0.2, -0.15) is 0 Å². The van der Waals surface area contributed by atoms with E-state index >= 15 is 0 Å². The van der Waals surface area contributed by atoms with Crippen LogP contribution in [0.15, 0.2) is 24.3 Å². The first-order valence-corrected chi connectivity index (χ1v) is 5.96. The van der Waals surface area contributed by atoms with Crippen molar-refractivity contribution >= 4 is 11.8 Å². The molecule has 1 atom stereocenters. The van der Waals surface area contributed by atoms with Crippen LogP contribution in [0.1, 0.15) is 41.7 Å². The predicted molar refractivity (Wildman–Crippen MR) is 65.0 cm³/mol. The van der Waals surface area contributed by atoms with Gasteiger partial charge in [-0.3, -0.25) is 14.8 Å². The maximum Gasteiger partial charge on any atom is 0.274 e. The minimum atomic E-state index is -0.545. The number of carbonyl (C=O) groups excluding carboxylic acids is 2. The zero-order chi connectivity index (χ0) is 13.1. The molecule has 1 fully saturated rings. The molecule has 1 unspecified atom stereocenters. The average molecular weight is 248 g/mol. The Labute approximate surface area is 105 Å². The summed E-state index contributed by atoms with van der Waals surface area (Å²) in [5.41, 5.74) is 2.88. The van der Waals surface area contributed by atoms with Crippen molar-refractivity contribution < 1.29 is 14.8 Å². The van der Waals surface area contributed by atoms with Crippen LogP contribution < -0.4 is 10.8 Å². The SMILES string of the molecule is CC(NC(=O)C1CC1)c1ccc(C(=O)NO)cc1. The van der Waals surface area contributed by atoms with Gasteiger partial charge in [-0.05, 0) is 37.5 Å². The van der Waals surface area contributed by atoms with Gasteiger partial charge in [0.05, 0.1) is 6.04 Å². The lowest BCUT2D eigenvalue weighted by Crippen LogP contribution is -2.28. The van der Waals surface area contributed by atoms with Crippen molar-refractivity contribution in [1.82, 2.24) is 10.8 Å². The van der Waals surface area contributed by atoms with Crippen LogP contribution in [0.4, 0.5) is 0 Å². The minimum Gasteiger partial charge on any atom is -0.349 e. The largest absolute Gasteiger partial charge is 0.349 e. The molecule has 1 aliphatic carbocycles. The second-order valence-corrected chi connectivity index (χ2v) is 4.57. The number of hydroxylamine groups is 1. The lowest BCUT2D eigenvalue weighted by molar-refractivity contribution is -0.122. The fourth-order valence-corrected chi connectivity index (χ4v) is 1.75. The maximum atomic E-state index is 11.6. The van der Waals surface area contributed by atoms with Gasteiger partial charge in [0.15, 0.2) is 0 Å². The number of benzene rings is 1. The number of carbonyl (C=O) groups is 2. The van der Waals surface area contributed by atoms with E-state index in [1.807, 2.05) is 6.92 Å². The van der Waals surface area contributed by atoms with Gasteiger partial charge in [-0.25, -0.2) is 5.48 Å². The molecule has 0 heterocycles. The smallest absolute Gasteiger partial charge is 0.274 e. The lowest BCUT2D eigenvalue weighted by atomic mass is 10.1. The molecular weight excluding hydrogens is 232 g/mol. The van der Waals surface area contributed by atoms with E-state index in [4.69, 9.17) is 5.21 Å². The molecule has 0 saturated heterocycles. The quantitative estimate of drug-likeness (QED) is 0.556. The van der Waals surface area contributed by atoms with Crippen LogP contribution in [0.2, 0.25) is 0 Å². The molecule has 0 spiro atoms. The summed E-state index contributed by atoms with van der Waals surface area (Å²) in [7, 11) is 0. The molecule has 5 heteroatoms. The molecule has 1 aliphatic rings. The summed E-state index contributed by atoms with van der Waals surface area (Å²) in [6.45, 7) is 1.90. The molecule has 1 aromatic carbocycles. The Morgan fingerprint density at radius 1 is 1.28 bits per heavy atom. The topological polar surface area (TPSA) is 78.4 Å². The van der Waals surface area contributed by atoms with Gasteiger partial charge in [-0.1, -0.05) is 12.1 Å². The van der Waals surface area contributed by atoms with E-state index in [0.717, 1.165) is 18.4 Å². The van der Waals surface area contributed by atoms with Gasteiger partial charge in [0.25, 0.3) is 5.91 Å². The molecule has 0 aliphatic heterocycles. The van der Waals surface area contributed by atoms with E-state index in [9.17, 15) is 9.59 Å². The molecule has 2 amide bonds. The standard InChI is InChI=1S/C13H16N2O3/c1-8(14-12(16)10-6-7-10)9-2-4-11(5-3-9)13(17)15-18/h2-5,8,10,18H,6-7H2,1H3,(H,14,16)(H,15,17). The Bertz CT molecular complexity index is 452. The second-order valence-electron chi connectivity index (χ2n) is 4.57. The number of rotatable bonds is 4. The zero-order valence-corrected chi connectivity index (χ0v) is 10.1. The highest BCUT2D eigenvalue weighted by Gasteiger charge is 2.30. The molecule has 18 heavy (non-hydrogen) atoms. The molecule has 0 bridgehead atoms. The molecule has 3 N–H and O–H groups in total. The van der Waals surface area contributed by atoms with Crippen molar-refractivity contribution in [3.05, 3.63) is 35.4 Å². The van der Waals surface area contributed by atoms with Gasteiger partial charge in [0.1, 0.15) is 0 Å². The summed E-state index contributed by atoms with van der Waals surface area (Å²) in [5, 5.41) is 11.4. The van der Waals surface area contributed by atoms with Crippen molar-refractivity contribution in [2.24, 2.45) is 5.92 Å². The van der Waals surface area contributed by atoms with E-state index in [1.165, 1.54) is 0 Å². The van der Waals surface area contributed by atoms with Gasteiger partial charge in [0.2, 0.25) is 5.91 Å². The molecule has 0 aromatic heterocycles. The van der Waals surface area contributed by atoms with Crippen molar-refractivity contribution in [3.8, 4) is 0 Å². The van der Waals surface area contributed by atoms with Crippen LogP contribution in [-0.2, 0) is 4.79 Å². The molecule has 0 radical (unpaired) electrons. The third-order valence-electron chi connectivity index (χ3n) is 3.08. The maximum absolute atomic E-state index is 11.6. The van der Waals surface area contributed by atoms with Gasteiger partial charge in [-0.15, -0.1) is 0 Å². The van der Waals surface area contributed by atoms with E-state index in [2.05, 4.69) is 5.32 Å². The van der Waals surface area contributed by atoms with Gasteiger partial charge < -0.3 is 5.32 Å². The molecular formula is C13H16N2O3. The monoisotopic (exact) mass is 248 g/mol. The normalized spacial score (nSPS) is 15.9. The Balaban J connectivity index is 1.99. The zero-order valence-electron chi connectivity index (χ0n) is 10.1.